The summed E-state index contributed by atoms with van der Waals surface area (Å²) in [6.07, 6.45) is 1.45. The van der Waals surface area contributed by atoms with E-state index in [1.807, 2.05) is 54.6 Å². The van der Waals surface area contributed by atoms with Crippen molar-refractivity contribution in [2.45, 2.75) is 45.1 Å². The van der Waals surface area contributed by atoms with E-state index in [-0.39, 0.29) is 29.6 Å². The van der Waals surface area contributed by atoms with E-state index >= 15 is 0 Å². The molecule has 1 aliphatic heterocycles. The van der Waals surface area contributed by atoms with Gasteiger partial charge in [0.25, 0.3) is 0 Å². The fourth-order valence-corrected chi connectivity index (χ4v) is 5.23. The molecule has 0 N–H and O–H groups in total. The van der Waals surface area contributed by atoms with Gasteiger partial charge >= 0.3 is 6.09 Å². The summed E-state index contributed by atoms with van der Waals surface area (Å²) < 4.78 is 5.52. The number of halogens is 2. The number of hydrogen-bond donors (Lipinski definition) is 0. The van der Waals surface area contributed by atoms with Gasteiger partial charge in [0.1, 0.15) is 5.60 Å². The summed E-state index contributed by atoms with van der Waals surface area (Å²) in [5, 5.41) is 1.34. The van der Waals surface area contributed by atoms with Gasteiger partial charge in [-0.05, 0) is 69.0 Å². The van der Waals surface area contributed by atoms with E-state index in [0.717, 1.165) is 16.7 Å². The lowest BCUT2D eigenvalue weighted by molar-refractivity contribution is -0.129. The van der Waals surface area contributed by atoms with Crippen LogP contribution in [0.15, 0.2) is 60.2 Å². The van der Waals surface area contributed by atoms with Crippen molar-refractivity contribution >= 4 is 35.2 Å². The fraction of sp³-hybridized carbons (Fsp3) is 0.385. The molecule has 1 heterocycles. The molecule has 1 saturated heterocycles. The summed E-state index contributed by atoms with van der Waals surface area (Å²) in [5.74, 6) is -0.578. The maximum absolute atomic E-state index is 13.3. The summed E-state index contributed by atoms with van der Waals surface area (Å²) in [4.78, 5) is 27.4. The number of carbonyl (C=O) groups is 2. The zero-order valence-corrected chi connectivity index (χ0v) is 20.2. The number of likely N-dealkylation sites (tertiary alicyclic amines) is 1. The standard InChI is InChI=1S/C26H27Cl2NO3/c1-15-13-20-21(14-29(24(20)30)25(31)32-26(2,3)4)23(17-7-11-19(28)12-8-17)22(15)16-5-9-18(27)10-6-16/h5-13,20-23H,14H2,1-4H3/t20-,21+,22-,23+/m0/s1. The number of benzene rings is 2. The monoisotopic (exact) mass is 471 g/mol. The quantitative estimate of drug-likeness (QED) is 0.450. The molecule has 32 heavy (non-hydrogen) atoms. The van der Waals surface area contributed by atoms with Crippen LogP contribution >= 0.6 is 23.2 Å². The van der Waals surface area contributed by atoms with E-state index in [1.165, 1.54) is 4.90 Å². The Hall–Kier alpha value is -2.30. The molecule has 168 valence electrons. The number of ether oxygens (including phenoxy) is 1. The highest BCUT2D eigenvalue weighted by Crippen LogP contribution is 2.52. The first-order chi connectivity index (χ1) is 15.0. The SMILES string of the molecule is CC1=C[C@@H]2C(=O)N(C(=O)OC(C)(C)C)C[C@H]2[C@@H](c2ccc(Cl)cc2)[C@@H]1c1ccc(Cl)cc1. The zero-order valence-electron chi connectivity index (χ0n) is 18.6. The summed E-state index contributed by atoms with van der Waals surface area (Å²) in [5.41, 5.74) is 2.66. The number of amides is 2. The Bertz CT molecular complexity index is 1050. The number of hydrogen-bond acceptors (Lipinski definition) is 3. The Balaban J connectivity index is 1.77. The number of nitrogens with zero attached hydrogens (tertiary/aromatic N) is 1. The van der Waals surface area contributed by atoms with Crippen LogP contribution in [0.1, 0.15) is 50.7 Å². The second kappa shape index (κ2) is 8.57. The molecule has 2 aliphatic rings. The molecule has 4 atom stereocenters. The first kappa shape index (κ1) is 22.9. The van der Waals surface area contributed by atoms with Gasteiger partial charge in [0.05, 0.1) is 5.92 Å². The minimum absolute atomic E-state index is 0.000158. The molecule has 2 aromatic carbocycles. The number of carbonyl (C=O) groups excluding carboxylic acids is 2. The van der Waals surface area contributed by atoms with Gasteiger partial charge in [-0.2, -0.15) is 0 Å². The Morgan fingerprint density at radius 3 is 2.03 bits per heavy atom. The lowest BCUT2D eigenvalue weighted by atomic mass is 9.64. The van der Waals surface area contributed by atoms with Crippen molar-refractivity contribution < 1.29 is 14.3 Å². The molecule has 4 nitrogen and oxygen atoms in total. The van der Waals surface area contributed by atoms with Gasteiger partial charge in [-0.3, -0.25) is 4.79 Å². The first-order valence-corrected chi connectivity index (χ1v) is 11.5. The third kappa shape index (κ3) is 4.44. The van der Waals surface area contributed by atoms with E-state index in [0.29, 0.717) is 16.6 Å². The number of allylic oxidation sites excluding steroid dienone is 1. The van der Waals surface area contributed by atoms with Crippen LogP contribution in [0.4, 0.5) is 4.79 Å². The second-order valence-corrected chi connectivity index (χ2v) is 10.5. The Labute approximate surface area is 199 Å². The van der Waals surface area contributed by atoms with Crippen LogP contribution in [-0.2, 0) is 9.53 Å². The molecule has 0 spiro atoms. The Morgan fingerprint density at radius 2 is 1.50 bits per heavy atom. The molecule has 1 fully saturated rings. The van der Waals surface area contributed by atoms with Gasteiger partial charge in [0.2, 0.25) is 5.91 Å². The van der Waals surface area contributed by atoms with Gasteiger partial charge in [0, 0.05) is 28.4 Å². The average Bonchev–Trinajstić information content (AvgIpc) is 3.04. The minimum atomic E-state index is -0.668. The summed E-state index contributed by atoms with van der Waals surface area (Å²) in [7, 11) is 0. The topological polar surface area (TPSA) is 46.6 Å². The maximum atomic E-state index is 13.3. The van der Waals surface area contributed by atoms with Crippen molar-refractivity contribution in [3.63, 3.8) is 0 Å². The molecule has 4 rings (SSSR count). The summed E-state index contributed by atoms with van der Waals surface area (Å²) >= 11 is 12.3. The zero-order chi connectivity index (χ0) is 23.2. The molecular weight excluding hydrogens is 445 g/mol. The predicted octanol–water partition coefficient (Wildman–Crippen LogP) is 6.83. The van der Waals surface area contributed by atoms with Crippen molar-refractivity contribution in [3.05, 3.63) is 81.4 Å². The molecule has 2 aromatic rings. The lowest BCUT2D eigenvalue weighted by Gasteiger charge is -2.39. The number of fused-ring (bicyclic) bond motifs is 1. The van der Waals surface area contributed by atoms with Gasteiger partial charge in [-0.25, -0.2) is 9.69 Å². The van der Waals surface area contributed by atoms with E-state index in [9.17, 15) is 9.59 Å². The van der Waals surface area contributed by atoms with E-state index < -0.39 is 11.7 Å². The van der Waals surface area contributed by atoms with Gasteiger partial charge in [-0.15, -0.1) is 0 Å². The highest BCUT2D eigenvalue weighted by Gasteiger charge is 2.51. The Kier molecular flexibility index (Phi) is 6.12. The highest BCUT2D eigenvalue weighted by atomic mass is 35.5. The van der Waals surface area contributed by atoms with Crippen LogP contribution in [0, 0.1) is 11.8 Å². The maximum Gasteiger partial charge on any atom is 0.417 e. The molecule has 0 unspecified atom stereocenters. The van der Waals surface area contributed by atoms with E-state index in [1.54, 1.807) is 20.8 Å². The highest BCUT2D eigenvalue weighted by molar-refractivity contribution is 6.30. The molecule has 2 amide bonds. The summed E-state index contributed by atoms with van der Waals surface area (Å²) in [6.45, 7) is 7.78. The fourth-order valence-electron chi connectivity index (χ4n) is 4.97. The average molecular weight is 472 g/mol. The Morgan fingerprint density at radius 1 is 0.969 bits per heavy atom. The van der Waals surface area contributed by atoms with Crippen LogP contribution in [0.2, 0.25) is 10.0 Å². The van der Waals surface area contributed by atoms with Gasteiger partial charge < -0.3 is 4.74 Å². The number of imide groups is 1. The third-order valence-electron chi connectivity index (χ3n) is 6.26. The molecular formula is C26H27Cl2NO3. The molecule has 6 heteroatoms. The van der Waals surface area contributed by atoms with Crippen LogP contribution < -0.4 is 0 Å². The van der Waals surface area contributed by atoms with Crippen molar-refractivity contribution in [2.75, 3.05) is 6.54 Å². The van der Waals surface area contributed by atoms with Crippen LogP contribution in [0.25, 0.3) is 0 Å². The van der Waals surface area contributed by atoms with Crippen LogP contribution in [0.3, 0.4) is 0 Å². The van der Waals surface area contributed by atoms with E-state index in [2.05, 4.69) is 6.92 Å². The van der Waals surface area contributed by atoms with Crippen molar-refractivity contribution in [1.82, 2.24) is 4.90 Å². The van der Waals surface area contributed by atoms with Crippen molar-refractivity contribution in [2.24, 2.45) is 11.8 Å². The molecule has 1 aliphatic carbocycles. The molecule has 0 saturated carbocycles. The second-order valence-electron chi connectivity index (χ2n) is 9.64. The van der Waals surface area contributed by atoms with Gasteiger partial charge in [-0.1, -0.05) is 59.1 Å². The lowest BCUT2D eigenvalue weighted by Crippen LogP contribution is -2.38. The third-order valence-corrected chi connectivity index (χ3v) is 6.76. The first-order valence-electron chi connectivity index (χ1n) is 10.8. The van der Waals surface area contributed by atoms with Gasteiger partial charge in [0.15, 0.2) is 0 Å². The number of rotatable bonds is 2. The predicted molar refractivity (Wildman–Crippen MR) is 127 cm³/mol. The minimum Gasteiger partial charge on any atom is -0.443 e. The van der Waals surface area contributed by atoms with E-state index in [4.69, 9.17) is 27.9 Å². The van der Waals surface area contributed by atoms with Crippen molar-refractivity contribution in [1.29, 1.82) is 0 Å². The molecule has 0 aromatic heterocycles. The molecule has 0 radical (unpaired) electrons. The van der Waals surface area contributed by atoms with Crippen LogP contribution in [-0.4, -0.2) is 29.0 Å². The molecule has 0 bridgehead atoms. The summed E-state index contributed by atoms with van der Waals surface area (Å²) in [6, 6.07) is 15.6. The van der Waals surface area contributed by atoms with Crippen molar-refractivity contribution in [3.8, 4) is 0 Å². The smallest absolute Gasteiger partial charge is 0.417 e. The normalized spacial score (nSPS) is 25.4. The van der Waals surface area contributed by atoms with Crippen LogP contribution in [0.5, 0.6) is 0 Å². The largest absolute Gasteiger partial charge is 0.443 e.